The Morgan fingerprint density at radius 3 is 2.10 bits per heavy atom. The van der Waals surface area contributed by atoms with Gasteiger partial charge in [0.25, 0.3) is 5.91 Å². The van der Waals surface area contributed by atoms with Gasteiger partial charge in [0, 0.05) is 11.1 Å². The number of benzene rings is 3. The number of hydrogen-bond acceptors (Lipinski definition) is 4. The summed E-state index contributed by atoms with van der Waals surface area (Å²) in [5.41, 5.74) is 3.15. The van der Waals surface area contributed by atoms with Crippen LogP contribution in [0.5, 0.6) is 17.2 Å². The van der Waals surface area contributed by atoms with E-state index in [1.807, 2.05) is 85.8 Å². The van der Waals surface area contributed by atoms with Gasteiger partial charge in [-0.2, -0.15) is 0 Å². The summed E-state index contributed by atoms with van der Waals surface area (Å²) in [5.74, 6) is 1.98. The highest BCUT2D eigenvalue weighted by Gasteiger charge is 2.19. The van der Waals surface area contributed by atoms with E-state index in [0.717, 1.165) is 22.4 Å². The zero-order chi connectivity index (χ0) is 22.2. The Bertz CT molecular complexity index is 1040. The number of nitrogens with one attached hydrogen (secondary N) is 1. The lowest BCUT2D eigenvalue weighted by atomic mass is 10.0. The number of rotatable bonds is 8. The van der Waals surface area contributed by atoms with Gasteiger partial charge in [0.05, 0.1) is 27.4 Å². The predicted octanol–water partition coefficient (Wildman–Crippen LogP) is 5.13. The third kappa shape index (κ3) is 5.45. The molecule has 31 heavy (non-hydrogen) atoms. The van der Waals surface area contributed by atoms with Gasteiger partial charge < -0.3 is 19.5 Å². The molecule has 1 atom stereocenters. The first-order chi connectivity index (χ1) is 15.0. The number of hydrogen-bond donors (Lipinski definition) is 1. The zero-order valence-electron chi connectivity index (χ0n) is 18.2. The highest BCUT2D eigenvalue weighted by Crippen LogP contribution is 2.30. The zero-order valence-corrected chi connectivity index (χ0v) is 18.2. The molecule has 0 aliphatic rings. The molecule has 3 aromatic rings. The molecule has 3 aromatic carbocycles. The third-order valence-electron chi connectivity index (χ3n) is 5.01. The van der Waals surface area contributed by atoms with E-state index >= 15 is 0 Å². The Morgan fingerprint density at radius 1 is 0.839 bits per heavy atom. The van der Waals surface area contributed by atoms with Crippen LogP contribution in [-0.4, -0.2) is 27.2 Å². The van der Waals surface area contributed by atoms with Crippen molar-refractivity contribution in [3.05, 3.63) is 89.5 Å². The van der Waals surface area contributed by atoms with Gasteiger partial charge in [-0.25, -0.2) is 0 Å². The molecule has 0 bridgehead atoms. The maximum Gasteiger partial charge on any atom is 0.252 e. The number of methoxy groups -OCH3 is 3. The van der Waals surface area contributed by atoms with E-state index in [2.05, 4.69) is 5.32 Å². The van der Waals surface area contributed by atoms with Gasteiger partial charge in [0.15, 0.2) is 0 Å². The van der Waals surface area contributed by atoms with Crippen LogP contribution < -0.4 is 19.5 Å². The van der Waals surface area contributed by atoms with Crippen molar-refractivity contribution in [3.8, 4) is 17.2 Å². The molecule has 0 heterocycles. The number of amides is 1. The lowest BCUT2D eigenvalue weighted by Gasteiger charge is -2.19. The molecule has 0 aromatic heterocycles. The van der Waals surface area contributed by atoms with Crippen molar-refractivity contribution in [1.29, 1.82) is 0 Å². The van der Waals surface area contributed by atoms with Crippen molar-refractivity contribution < 1.29 is 19.0 Å². The third-order valence-corrected chi connectivity index (χ3v) is 5.01. The van der Waals surface area contributed by atoms with Crippen molar-refractivity contribution in [3.63, 3.8) is 0 Å². The molecule has 0 spiro atoms. The fourth-order valence-electron chi connectivity index (χ4n) is 3.29. The van der Waals surface area contributed by atoms with Crippen LogP contribution in [0.15, 0.2) is 72.8 Å². The van der Waals surface area contributed by atoms with E-state index in [9.17, 15) is 4.79 Å². The standard InChI is InChI=1S/C26H27NO4/c1-18(23-17-22(30-3)14-15-25(23)31-4)27-26(28)24(20-8-6-5-7-9-20)16-19-10-12-21(29-2)13-11-19/h5-18H,1-4H3,(H,27,28)/b24-16+/t18-/m0/s1. The van der Waals surface area contributed by atoms with Gasteiger partial charge in [-0.05, 0) is 54.5 Å². The highest BCUT2D eigenvalue weighted by molar-refractivity contribution is 6.24. The molecule has 1 amide bonds. The van der Waals surface area contributed by atoms with Gasteiger partial charge >= 0.3 is 0 Å². The Hall–Kier alpha value is -3.73. The van der Waals surface area contributed by atoms with Crippen molar-refractivity contribution >= 4 is 17.6 Å². The lowest BCUT2D eigenvalue weighted by molar-refractivity contribution is -0.116. The minimum atomic E-state index is -0.291. The maximum atomic E-state index is 13.3. The topological polar surface area (TPSA) is 56.8 Å². The van der Waals surface area contributed by atoms with Gasteiger partial charge in [0.2, 0.25) is 0 Å². The molecular formula is C26H27NO4. The summed E-state index contributed by atoms with van der Waals surface area (Å²) in [6.07, 6.45) is 1.87. The molecule has 5 heteroatoms. The molecule has 3 rings (SSSR count). The second kappa shape index (κ2) is 10.3. The van der Waals surface area contributed by atoms with Gasteiger partial charge in [0.1, 0.15) is 17.2 Å². The lowest BCUT2D eigenvalue weighted by Crippen LogP contribution is -2.27. The molecule has 1 N–H and O–H groups in total. The monoisotopic (exact) mass is 417 g/mol. The van der Waals surface area contributed by atoms with E-state index in [1.54, 1.807) is 21.3 Å². The summed E-state index contributed by atoms with van der Waals surface area (Å²) in [4.78, 5) is 13.3. The summed E-state index contributed by atoms with van der Waals surface area (Å²) in [6, 6.07) is 22.4. The molecule has 0 aliphatic carbocycles. The van der Waals surface area contributed by atoms with Crippen LogP contribution in [0.1, 0.15) is 29.7 Å². The van der Waals surface area contributed by atoms with E-state index in [0.29, 0.717) is 17.1 Å². The average molecular weight is 418 g/mol. The van der Waals surface area contributed by atoms with Gasteiger partial charge in [-0.15, -0.1) is 0 Å². The molecule has 5 nitrogen and oxygen atoms in total. The first-order valence-electron chi connectivity index (χ1n) is 9.99. The Balaban J connectivity index is 1.93. The van der Waals surface area contributed by atoms with Crippen molar-refractivity contribution in [2.75, 3.05) is 21.3 Å². The fraction of sp³-hybridized carbons (Fsp3) is 0.192. The molecule has 0 radical (unpaired) electrons. The van der Waals surface area contributed by atoms with E-state index in [-0.39, 0.29) is 11.9 Å². The number of ether oxygens (including phenoxy) is 3. The molecule has 0 aliphatic heterocycles. The molecular weight excluding hydrogens is 390 g/mol. The molecule has 160 valence electrons. The Morgan fingerprint density at radius 2 is 1.48 bits per heavy atom. The summed E-state index contributed by atoms with van der Waals surface area (Å²) in [5, 5.41) is 3.10. The average Bonchev–Trinajstić information content (AvgIpc) is 2.82. The second-order valence-electron chi connectivity index (χ2n) is 7.00. The second-order valence-corrected chi connectivity index (χ2v) is 7.00. The first-order valence-corrected chi connectivity index (χ1v) is 9.99. The quantitative estimate of drug-likeness (QED) is 0.408. The van der Waals surface area contributed by atoms with Crippen LogP contribution in [0.3, 0.4) is 0 Å². The minimum Gasteiger partial charge on any atom is -0.497 e. The van der Waals surface area contributed by atoms with Crippen LogP contribution in [0, 0.1) is 0 Å². The molecule has 0 fully saturated rings. The first kappa shape index (κ1) is 22.0. The van der Waals surface area contributed by atoms with Crippen LogP contribution in [-0.2, 0) is 4.79 Å². The fourth-order valence-corrected chi connectivity index (χ4v) is 3.29. The number of carbonyl (C=O) groups is 1. The van der Waals surface area contributed by atoms with E-state index < -0.39 is 0 Å². The molecule has 0 saturated heterocycles. The van der Waals surface area contributed by atoms with Crippen LogP contribution in [0.2, 0.25) is 0 Å². The summed E-state index contributed by atoms with van der Waals surface area (Å²) in [6.45, 7) is 1.92. The van der Waals surface area contributed by atoms with Crippen LogP contribution in [0.4, 0.5) is 0 Å². The summed E-state index contributed by atoms with van der Waals surface area (Å²) in [7, 11) is 4.85. The van der Waals surface area contributed by atoms with Gasteiger partial charge in [-0.1, -0.05) is 42.5 Å². The molecule has 0 unspecified atom stereocenters. The van der Waals surface area contributed by atoms with Crippen molar-refractivity contribution in [2.24, 2.45) is 0 Å². The Labute approximate surface area is 183 Å². The largest absolute Gasteiger partial charge is 0.497 e. The van der Waals surface area contributed by atoms with Crippen molar-refractivity contribution in [1.82, 2.24) is 5.32 Å². The van der Waals surface area contributed by atoms with Crippen LogP contribution >= 0.6 is 0 Å². The summed E-state index contributed by atoms with van der Waals surface area (Å²) < 4.78 is 16.0. The van der Waals surface area contributed by atoms with E-state index in [1.165, 1.54) is 0 Å². The van der Waals surface area contributed by atoms with Crippen molar-refractivity contribution in [2.45, 2.75) is 13.0 Å². The summed E-state index contributed by atoms with van der Waals surface area (Å²) >= 11 is 0. The maximum absolute atomic E-state index is 13.3. The van der Waals surface area contributed by atoms with Crippen LogP contribution in [0.25, 0.3) is 11.6 Å². The smallest absolute Gasteiger partial charge is 0.252 e. The minimum absolute atomic E-state index is 0.181. The predicted molar refractivity (Wildman–Crippen MR) is 123 cm³/mol. The Kier molecular flexibility index (Phi) is 7.33. The van der Waals surface area contributed by atoms with Gasteiger partial charge in [-0.3, -0.25) is 4.79 Å². The highest BCUT2D eigenvalue weighted by atomic mass is 16.5. The number of carbonyl (C=O) groups excluding carboxylic acids is 1. The SMILES string of the molecule is COc1ccc(/C=C(/C(=O)N[C@@H](C)c2cc(OC)ccc2OC)c2ccccc2)cc1. The molecule has 0 saturated carbocycles. The normalized spacial score (nSPS) is 12.1. The van der Waals surface area contributed by atoms with E-state index in [4.69, 9.17) is 14.2 Å².